The van der Waals surface area contributed by atoms with Crippen LogP contribution >= 0.6 is 23.1 Å². The predicted molar refractivity (Wildman–Crippen MR) is 101 cm³/mol. The van der Waals surface area contributed by atoms with E-state index in [-0.39, 0.29) is 17.3 Å². The van der Waals surface area contributed by atoms with Crippen LogP contribution in [-0.4, -0.2) is 26.4 Å². The standard InChI is InChI=1S/C18H16F2N4OS2/c19-14-6-3-11(8-15(14)20)21-17(25)10-27-18-23-22-16(24(18)12-4-5-12)9-13-2-1-7-26-13/h1-3,6-8,12H,4-5,9-10H2,(H,21,25). The summed E-state index contributed by atoms with van der Waals surface area (Å²) in [5.74, 6) is -1.23. The Morgan fingerprint density at radius 2 is 2.11 bits per heavy atom. The molecule has 0 spiro atoms. The van der Waals surface area contributed by atoms with Crippen molar-refractivity contribution in [3.63, 3.8) is 0 Å². The van der Waals surface area contributed by atoms with Gasteiger partial charge in [0.05, 0.1) is 5.75 Å². The second-order valence-electron chi connectivity index (χ2n) is 6.22. The molecule has 1 aromatic carbocycles. The molecule has 1 saturated carbocycles. The van der Waals surface area contributed by atoms with Gasteiger partial charge in [-0.3, -0.25) is 4.79 Å². The van der Waals surface area contributed by atoms with Gasteiger partial charge in [-0.05, 0) is 36.4 Å². The minimum atomic E-state index is -0.993. The van der Waals surface area contributed by atoms with Gasteiger partial charge in [0.15, 0.2) is 16.8 Å². The van der Waals surface area contributed by atoms with Gasteiger partial charge in [-0.2, -0.15) is 0 Å². The maximum absolute atomic E-state index is 13.2. The second kappa shape index (κ2) is 7.77. The zero-order chi connectivity index (χ0) is 18.8. The van der Waals surface area contributed by atoms with Gasteiger partial charge in [0.2, 0.25) is 5.91 Å². The molecule has 3 aromatic rings. The van der Waals surface area contributed by atoms with Crippen LogP contribution in [0.15, 0.2) is 40.9 Å². The lowest BCUT2D eigenvalue weighted by Gasteiger charge is -2.09. The second-order valence-corrected chi connectivity index (χ2v) is 8.20. The average Bonchev–Trinajstić information content (AvgIpc) is 3.20. The molecule has 27 heavy (non-hydrogen) atoms. The largest absolute Gasteiger partial charge is 0.325 e. The first kappa shape index (κ1) is 18.1. The fourth-order valence-electron chi connectivity index (χ4n) is 2.70. The Balaban J connectivity index is 1.41. The van der Waals surface area contributed by atoms with Crippen molar-refractivity contribution < 1.29 is 13.6 Å². The SMILES string of the molecule is O=C(CSc1nnc(Cc2cccs2)n1C1CC1)Nc1ccc(F)c(F)c1. The summed E-state index contributed by atoms with van der Waals surface area (Å²) in [5.41, 5.74) is 0.224. The first-order valence-electron chi connectivity index (χ1n) is 8.44. The normalized spacial score (nSPS) is 13.7. The highest BCUT2D eigenvalue weighted by Gasteiger charge is 2.30. The van der Waals surface area contributed by atoms with E-state index < -0.39 is 11.6 Å². The van der Waals surface area contributed by atoms with E-state index in [9.17, 15) is 13.6 Å². The van der Waals surface area contributed by atoms with Crippen molar-refractivity contribution in [2.75, 3.05) is 11.1 Å². The molecule has 0 radical (unpaired) electrons. The number of anilines is 1. The Morgan fingerprint density at radius 1 is 1.26 bits per heavy atom. The van der Waals surface area contributed by atoms with Crippen molar-refractivity contribution in [3.8, 4) is 0 Å². The summed E-state index contributed by atoms with van der Waals surface area (Å²) in [7, 11) is 0. The molecule has 2 aromatic heterocycles. The molecule has 140 valence electrons. The molecule has 1 aliphatic rings. The lowest BCUT2D eigenvalue weighted by atomic mass is 10.3. The van der Waals surface area contributed by atoms with E-state index >= 15 is 0 Å². The Bertz CT molecular complexity index is 954. The molecule has 1 aliphatic carbocycles. The number of thiophene rings is 1. The summed E-state index contributed by atoms with van der Waals surface area (Å²) in [5, 5.41) is 13.9. The number of carbonyl (C=O) groups is 1. The van der Waals surface area contributed by atoms with Gasteiger partial charge in [0, 0.05) is 29.1 Å². The lowest BCUT2D eigenvalue weighted by molar-refractivity contribution is -0.113. The Hall–Kier alpha value is -2.26. The Labute approximate surface area is 162 Å². The van der Waals surface area contributed by atoms with Crippen LogP contribution in [-0.2, 0) is 11.2 Å². The highest BCUT2D eigenvalue weighted by Crippen LogP contribution is 2.39. The highest BCUT2D eigenvalue weighted by molar-refractivity contribution is 7.99. The van der Waals surface area contributed by atoms with Crippen molar-refractivity contribution in [2.45, 2.75) is 30.5 Å². The Morgan fingerprint density at radius 3 is 2.81 bits per heavy atom. The van der Waals surface area contributed by atoms with Crippen LogP contribution in [0.5, 0.6) is 0 Å². The topological polar surface area (TPSA) is 59.8 Å². The van der Waals surface area contributed by atoms with E-state index in [0.29, 0.717) is 11.2 Å². The Kier molecular flexibility index (Phi) is 5.22. The molecule has 2 heterocycles. The van der Waals surface area contributed by atoms with Crippen LogP contribution in [0.1, 0.15) is 29.6 Å². The summed E-state index contributed by atoms with van der Waals surface area (Å²) >= 11 is 2.98. The van der Waals surface area contributed by atoms with E-state index in [0.717, 1.165) is 37.2 Å². The van der Waals surface area contributed by atoms with E-state index in [4.69, 9.17) is 0 Å². The number of aromatic nitrogens is 3. The van der Waals surface area contributed by atoms with E-state index in [1.54, 1.807) is 11.3 Å². The third-order valence-electron chi connectivity index (χ3n) is 4.10. The monoisotopic (exact) mass is 406 g/mol. The number of hydrogen-bond acceptors (Lipinski definition) is 5. The van der Waals surface area contributed by atoms with Crippen LogP contribution in [0.25, 0.3) is 0 Å². The van der Waals surface area contributed by atoms with Gasteiger partial charge in [0.1, 0.15) is 5.82 Å². The van der Waals surface area contributed by atoms with Gasteiger partial charge >= 0.3 is 0 Å². The van der Waals surface area contributed by atoms with Crippen LogP contribution in [0, 0.1) is 11.6 Å². The smallest absolute Gasteiger partial charge is 0.234 e. The molecule has 9 heteroatoms. The van der Waals surface area contributed by atoms with Crippen molar-refractivity contribution in [1.29, 1.82) is 0 Å². The fraction of sp³-hybridized carbons (Fsp3) is 0.278. The van der Waals surface area contributed by atoms with Crippen LogP contribution in [0.2, 0.25) is 0 Å². The highest BCUT2D eigenvalue weighted by atomic mass is 32.2. The van der Waals surface area contributed by atoms with Crippen molar-refractivity contribution in [2.24, 2.45) is 0 Å². The van der Waals surface area contributed by atoms with E-state index in [2.05, 4.69) is 26.1 Å². The molecule has 0 saturated heterocycles. The van der Waals surface area contributed by atoms with E-state index in [1.165, 1.54) is 22.7 Å². The molecule has 1 amide bonds. The molecule has 1 fully saturated rings. The quantitative estimate of drug-likeness (QED) is 0.595. The summed E-state index contributed by atoms with van der Waals surface area (Å²) in [4.78, 5) is 13.4. The minimum absolute atomic E-state index is 0.114. The van der Waals surface area contributed by atoms with Gasteiger partial charge < -0.3 is 9.88 Å². The third kappa shape index (κ3) is 4.36. The number of hydrogen-bond donors (Lipinski definition) is 1. The zero-order valence-corrected chi connectivity index (χ0v) is 15.8. The van der Waals surface area contributed by atoms with Crippen molar-refractivity contribution in [1.82, 2.24) is 14.8 Å². The van der Waals surface area contributed by atoms with Gasteiger partial charge in [-0.25, -0.2) is 8.78 Å². The van der Waals surface area contributed by atoms with Crippen LogP contribution in [0.4, 0.5) is 14.5 Å². The minimum Gasteiger partial charge on any atom is -0.325 e. The van der Waals surface area contributed by atoms with Crippen LogP contribution < -0.4 is 5.32 Å². The number of thioether (sulfide) groups is 1. The summed E-state index contributed by atoms with van der Waals surface area (Å²) in [6.45, 7) is 0. The number of halogens is 2. The fourth-order valence-corrected chi connectivity index (χ4v) is 4.22. The predicted octanol–water partition coefficient (Wildman–Crippen LogP) is 4.27. The summed E-state index contributed by atoms with van der Waals surface area (Å²) < 4.78 is 28.3. The van der Waals surface area contributed by atoms with E-state index in [1.807, 2.05) is 11.4 Å². The van der Waals surface area contributed by atoms with Gasteiger partial charge in [0.25, 0.3) is 0 Å². The molecule has 0 bridgehead atoms. The number of carbonyl (C=O) groups excluding carboxylic acids is 1. The summed E-state index contributed by atoms with van der Waals surface area (Å²) in [6.07, 6.45) is 2.90. The lowest BCUT2D eigenvalue weighted by Crippen LogP contribution is -2.15. The molecule has 1 N–H and O–H groups in total. The summed E-state index contributed by atoms with van der Waals surface area (Å²) in [6, 6.07) is 7.75. The molecular formula is C18H16F2N4OS2. The maximum atomic E-state index is 13.2. The first-order valence-corrected chi connectivity index (χ1v) is 10.3. The third-order valence-corrected chi connectivity index (χ3v) is 5.91. The average molecular weight is 406 g/mol. The number of rotatable bonds is 7. The molecule has 0 atom stereocenters. The molecule has 5 nitrogen and oxygen atoms in total. The molecule has 0 unspecified atom stereocenters. The number of benzene rings is 1. The molecule has 0 aliphatic heterocycles. The number of amides is 1. The molecule has 4 rings (SSSR count). The van der Waals surface area contributed by atoms with Gasteiger partial charge in [-0.1, -0.05) is 17.8 Å². The van der Waals surface area contributed by atoms with Crippen LogP contribution in [0.3, 0.4) is 0 Å². The maximum Gasteiger partial charge on any atom is 0.234 e. The number of nitrogens with zero attached hydrogens (tertiary/aromatic N) is 3. The van der Waals surface area contributed by atoms with Crippen molar-refractivity contribution >= 4 is 34.7 Å². The van der Waals surface area contributed by atoms with Crippen molar-refractivity contribution in [3.05, 3.63) is 58.0 Å². The first-order chi connectivity index (χ1) is 13.1. The number of nitrogens with one attached hydrogen (secondary N) is 1. The molecular weight excluding hydrogens is 390 g/mol. The zero-order valence-electron chi connectivity index (χ0n) is 14.2. The van der Waals surface area contributed by atoms with Gasteiger partial charge in [-0.15, -0.1) is 21.5 Å².